The molecule has 144 valence electrons. The number of quaternary nitrogens is 1. The van der Waals surface area contributed by atoms with Gasteiger partial charge in [-0.2, -0.15) is 4.31 Å². The van der Waals surface area contributed by atoms with Crippen molar-refractivity contribution in [2.45, 2.75) is 11.8 Å². The Morgan fingerprint density at radius 1 is 1.19 bits per heavy atom. The van der Waals surface area contributed by atoms with E-state index in [1.807, 2.05) is 6.92 Å². The summed E-state index contributed by atoms with van der Waals surface area (Å²) in [6.45, 7) is 4.14. The number of benzene rings is 1. The molecule has 0 aliphatic carbocycles. The second kappa shape index (κ2) is 8.97. The molecule has 0 unspecified atom stereocenters. The minimum Gasteiger partial charge on any atom is -0.494 e. The predicted octanol–water partition coefficient (Wildman–Crippen LogP) is -1.57. The predicted molar refractivity (Wildman–Crippen MR) is 94.5 cm³/mol. The number of amides is 3. The first kappa shape index (κ1) is 20.1. The molecule has 0 atom stereocenters. The monoisotopic (exact) mass is 385 g/mol. The van der Waals surface area contributed by atoms with Crippen molar-refractivity contribution in [3.8, 4) is 5.75 Å². The largest absolute Gasteiger partial charge is 0.494 e. The number of carbonyl (C=O) groups is 2. The lowest BCUT2D eigenvalue weighted by molar-refractivity contribution is -0.895. The summed E-state index contributed by atoms with van der Waals surface area (Å²) >= 11 is 0. The molecule has 0 bridgehead atoms. The first-order valence-corrected chi connectivity index (χ1v) is 9.89. The Morgan fingerprint density at radius 2 is 1.81 bits per heavy atom. The Hall–Kier alpha value is -2.17. The molecule has 1 aliphatic rings. The number of carbonyl (C=O) groups excluding carboxylic acids is 2. The molecule has 0 spiro atoms. The summed E-state index contributed by atoms with van der Waals surface area (Å²) < 4.78 is 32.2. The van der Waals surface area contributed by atoms with E-state index in [0.717, 1.165) is 4.90 Å². The minimum atomic E-state index is -3.57. The van der Waals surface area contributed by atoms with Gasteiger partial charge in [-0.15, -0.1) is 0 Å². The van der Waals surface area contributed by atoms with Crippen LogP contribution in [0.25, 0.3) is 0 Å². The molecule has 10 heteroatoms. The summed E-state index contributed by atoms with van der Waals surface area (Å²) in [4.78, 5) is 24.0. The van der Waals surface area contributed by atoms with Crippen molar-refractivity contribution in [3.63, 3.8) is 0 Å². The van der Waals surface area contributed by atoms with Crippen molar-refractivity contribution >= 4 is 22.0 Å². The van der Waals surface area contributed by atoms with Gasteiger partial charge in [-0.25, -0.2) is 13.2 Å². The Morgan fingerprint density at radius 3 is 2.35 bits per heavy atom. The molecule has 1 saturated heterocycles. The molecule has 9 nitrogen and oxygen atoms in total. The third-order valence-electron chi connectivity index (χ3n) is 4.09. The lowest BCUT2D eigenvalue weighted by Crippen LogP contribution is -3.15. The molecule has 2 rings (SSSR count). The fourth-order valence-electron chi connectivity index (χ4n) is 2.70. The minimum absolute atomic E-state index is 0.129. The average Bonchev–Trinajstić information content (AvgIpc) is 2.62. The summed E-state index contributed by atoms with van der Waals surface area (Å²) in [7, 11) is -2.14. The summed E-state index contributed by atoms with van der Waals surface area (Å²) in [5, 5.41) is 4.52. The van der Waals surface area contributed by atoms with E-state index in [9.17, 15) is 18.0 Å². The number of sulfonamides is 1. The van der Waals surface area contributed by atoms with Gasteiger partial charge < -0.3 is 15.0 Å². The molecule has 1 heterocycles. The van der Waals surface area contributed by atoms with Gasteiger partial charge >= 0.3 is 6.03 Å². The van der Waals surface area contributed by atoms with E-state index in [1.54, 1.807) is 12.1 Å². The van der Waals surface area contributed by atoms with Crippen molar-refractivity contribution in [2.75, 3.05) is 46.4 Å². The Kier molecular flexibility index (Phi) is 6.95. The molecule has 1 fully saturated rings. The Balaban J connectivity index is 1.91. The maximum atomic E-state index is 12.7. The number of piperazine rings is 1. The van der Waals surface area contributed by atoms with Gasteiger partial charge in [0.15, 0.2) is 6.54 Å². The zero-order valence-corrected chi connectivity index (χ0v) is 15.8. The molecule has 1 aromatic carbocycles. The van der Waals surface area contributed by atoms with Gasteiger partial charge in [0.2, 0.25) is 10.0 Å². The number of nitrogens with one attached hydrogen (secondary N) is 3. The molecule has 1 aromatic rings. The fourth-order valence-corrected chi connectivity index (χ4v) is 4.14. The second-order valence-electron chi connectivity index (χ2n) is 5.86. The van der Waals surface area contributed by atoms with Crippen LogP contribution in [-0.2, 0) is 14.8 Å². The number of hydrogen-bond donors (Lipinski definition) is 3. The molecule has 26 heavy (non-hydrogen) atoms. The van der Waals surface area contributed by atoms with Crippen LogP contribution in [0.5, 0.6) is 5.75 Å². The molecule has 0 saturated carbocycles. The highest BCUT2D eigenvalue weighted by molar-refractivity contribution is 7.89. The standard InChI is InChI=1S/C16H24N4O5S/c1-3-25-13-4-6-14(7-5-13)26(23,24)20-10-8-19(9-11-20)12-15(21)18-16(22)17-2/h4-7H,3,8-12H2,1-2H3,(H2,17,18,21,22)/p+1. The third kappa shape index (κ3) is 5.16. The van der Waals surface area contributed by atoms with E-state index in [2.05, 4.69) is 10.6 Å². The van der Waals surface area contributed by atoms with Crippen molar-refractivity contribution in [1.29, 1.82) is 0 Å². The Bertz CT molecular complexity index is 728. The quantitative estimate of drug-likeness (QED) is 0.548. The van der Waals surface area contributed by atoms with E-state index in [0.29, 0.717) is 38.5 Å². The molecular weight excluding hydrogens is 360 g/mol. The van der Waals surface area contributed by atoms with Crippen LogP contribution in [0.4, 0.5) is 4.79 Å². The zero-order chi connectivity index (χ0) is 19.2. The summed E-state index contributed by atoms with van der Waals surface area (Å²) in [6, 6.07) is 5.81. The number of rotatable bonds is 6. The molecule has 0 radical (unpaired) electrons. The molecule has 3 N–H and O–H groups in total. The SMILES string of the molecule is CCOc1ccc(S(=O)(=O)N2CC[NH+](CC(=O)NC(=O)NC)CC2)cc1. The lowest BCUT2D eigenvalue weighted by Gasteiger charge is -2.31. The van der Waals surface area contributed by atoms with Crippen LogP contribution in [0.2, 0.25) is 0 Å². The van der Waals surface area contributed by atoms with Crippen molar-refractivity contribution < 1.29 is 27.6 Å². The van der Waals surface area contributed by atoms with Crippen LogP contribution in [0, 0.1) is 0 Å². The van der Waals surface area contributed by atoms with Crippen molar-refractivity contribution in [1.82, 2.24) is 14.9 Å². The van der Waals surface area contributed by atoms with Gasteiger partial charge in [-0.1, -0.05) is 0 Å². The van der Waals surface area contributed by atoms with E-state index in [-0.39, 0.29) is 17.3 Å². The van der Waals surface area contributed by atoms with Gasteiger partial charge in [0, 0.05) is 7.05 Å². The highest BCUT2D eigenvalue weighted by atomic mass is 32.2. The van der Waals surface area contributed by atoms with Crippen LogP contribution < -0.4 is 20.3 Å². The number of hydrogen-bond acceptors (Lipinski definition) is 5. The smallest absolute Gasteiger partial charge is 0.321 e. The number of ether oxygens (including phenoxy) is 1. The van der Waals surface area contributed by atoms with Gasteiger partial charge in [0.05, 0.1) is 37.7 Å². The maximum absolute atomic E-state index is 12.7. The van der Waals surface area contributed by atoms with E-state index < -0.39 is 16.1 Å². The molecule has 1 aliphatic heterocycles. The third-order valence-corrected chi connectivity index (χ3v) is 6.01. The highest BCUT2D eigenvalue weighted by Crippen LogP contribution is 2.19. The summed E-state index contributed by atoms with van der Waals surface area (Å²) in [6.07, 6.45) is 0. The van der Waals surface area contributed by atoms with Crippen molar-refractivity contribution in [3.05, 3.63) is 24.3 Å². The van der Waals surface area contributed by atoms with Crippen molar-refractivity contribution in [2.24, 2.45) is 0 Å². The topological polar surface area (TPSA) is 109 Å². The van der Waals surface area contributed by atoms with E-state index in [4.69, 9.17) is 4.74 Å². The Labute approximate surface area is 153 Å². The van der Waals surface area contributed by atoms with Gasteiger partial charge in [-0.05, 0) is 31.2 Å². The molecule has 3 amide bonds. The number of imide groups is 1. The van der Waals surface area contributed by atoms with Gasteiger partial charge in [-0.3, -0.25) is 10.1 Å². The average molecular weight is 385 g/mol. The number of urea groups is 1. The van der Waals surface area contributed by atoms with Gasteiger partial charge in [0.1, 0.15) is 5.75 Å². The fraction of sp³-hybridized carbons (Fsp3) is 0.500. The van der Waals surface area contributed by atoms with Crippen LogP contribution >= 0.6 is 0 Å². The van der Waals surface area contributed by atoms with E-state index >= 15 is 0 Å². The summed E-state index contributed by atoms with van der Waals surface area (Å²) in [5.41, 5.74) is 0. The summed E-state index contributed by atoms with van der Waals surface area (Å²) in [5.74, 6) is 0.241. The van der Waals surface area contributed by atoms with Gasteiger partial charge in [0.25, 0.3) is 5.91 Å². The zero-order valence-electron chi connectivity index (χ0n) is 14.9. The van der Waals surface area contributed by atoms with Crippen LogP contribution in [-0.4, -0.2) is 71.0 Å². The van der Waals surface area contributed by atoms with Crippen LogP contribution in [0.3, 0.4) is 0 Å². The normalized spacial score (nSPS) is 16.1. The first-order chi connectivity index (χ1) is 12.4. The van der Waals surface area contributed by atoms with E-state index in [1.165, 1.54) is 23.5 Å². The van der Waals surface area contributed by atoms with Crippen LogP contribution in [0.1, 0.15) is 6.92 Å². The highest BCUT2D eigenvalue weighted by Gasteiger charge is 2.31. The second-order valence-corrected chi connectivity index (χ2v) is 7.80. The molecule has 0 aromatic heterocycles. The number of nitrogens with zero attached hydrogens (tertiary/aromatic N) is 1. The first-order valence-electron chi connectivity index (χ1n) is 8.45. The molecular formula is C16H25N4O5S+. The lowest BCUT2D eigenvalue weighted by atomic mass is 10.3. The maximum Gasteiger partial charge on any atom is 0.321 e. The van der Waals surface area contributed by atoms with Crippen LogP contribution in [0.15, 0.2) is 29.2 Å².